The first kappa shape index (κ1) is 13.3. The van der Waals surface area contributed by atoms with E-state index >= 15 is 0 Å². The van der Waals surface area contributed by atoms with Crippen LogP contribution < -0.4 is 5.32 Å². The summed E-state index contributed by atoms with van der Waals surface area (Å²) in [7, 11) is 1.72. The second-order valence-corrected chi connectivity index (χ2v) is 4.74. The number of nitrogens with one attached hydrogen (secondary N) is 1. The van der Waals surface area contributed by atoms with Crippen LogP contribution in [-0.4, -0.2) is 24.2 Å². The van der Waals surface area contributed by atoms with Crippen molar-refractivity contribution in [2.75, 3.05) is 7.05 Å². The summed E-state index contributed by atoms with van der Waals surface area (Å²) in [6.07, 6.45) is -1.19. The Morgan fingerprint density at radius 1 is 1.50 bits per heavy atom. The van der Waals surface area contributed by atoms with Crippen LogP contribution >= 0.6 is 0 Å². The third-order valence-electron chi connectivity index (χ3n) is 3.60. The lowest BCUT2D eigenvalue weighted by Gasteiger charge is -2.23. The second kappa shape index (κ2) is 5.26. The molecule has 2 nitrogen and oxygen atoms in total. The Bertz CT molecular complexity index is 403. The van der Waals surface area contributed by atoms with E-state index in [2.05, 4.69) is 10.3 Å². The van der Waals surface area contributed by atoms with E-state index in [-0.39, 0.29) is 18.4 Å². The molecule has 100 valence electrons. The fourth-order valence-corrected chi connectivity index (χ4v) is 2.70. The lowest BCUT2D eigenvalue weighted by atomic mass is 9.93. The average molecular weight is 258 g/mol. The molecule has 0 bridgehead atoms. The third-order valence-corrected chi connectivity index (χ3v) is 3.60. The Morgan fingerprint density at radius 2 is 2.28 bits per heavy atom. The Morgan fingerprint density at radius 3 is 2.94 bits per heavy atom. The number of aromatic nitrogens is 1. The standard InChI is InChI=1S/C13H17F3N2/c1-17-11(6-7-13(14,15)16)10-5-4-9-3-2-8-18-12(9)10/h2-3,8,10-11,17H,4-7H2,1H3. The molecule has 1 N–H and O–H groups in total. The molecule has 0 saturated carbocycles. The number of hydrogen-bond donors (Lipinski definition) is 1. The van der Waals surface area contributed by atoms with Crippen molar-refractivity contribution < 1.29 is 13.2 Å². The number of pyridine rings is 1. The van der Waals surface area contributed by atoms with Gasteiger partial charge in [-0.15, -0.1) is 0 Å². The van der Waals surface area contributed by atoms with E-state index in [9.17, 15) is 13.2 Å². The molecule has 0 radical (unpaired) electrons. The van der Waals surface area contributed by atoms with E-state index in [1.807, 2.05) is 12.1 Å². The number of fused-ring (bicyclic) bond motifs is 1. The Labute approximate surface area is 105 Å². The van der Waals surface area contributed by atoms with Gasteiger partial charge in [0.2, 0.25) is 0 Å². The molecule has 5 heteroatoms. The van der Waals surface area contributed by atoms with Crippen LogP contribution in [0.1, 0.15) is 36.4 Å². The summed E-state index contributed by atoms with van der Waals surface area (Å²) in [6, 6.07) is 3.74. The van der Waals surface area contributed by atoms with Crippen molar-refractivity contribution in [2.45, 2.75) is 43.8 Å². The van der Waals surface area contributed by atoms with Crippen LogP contribution in [0.15, 0.2) is 18.3 Å². The van der Waals surface area contributed by atoms with Crippen LogP contribution in [0.2, 0.25) is 0 Å². The summed E-state index contributed by atoms with van der Waals surface area (Å²) in [5.74, 6) is 0.105. The summed E-state index contributed by atoms with van der Waals surface area (Å²) in [4.78, 5) is 4.33. The molecule has 1 heterocycles. The molecule has 0 aromatic carbocycles. The van der Waals surface area contributed by atoms with Gasteiger partial charge in [-0.1, -0.05) is 6.07 Å². The molecule has 1 aromatic heterocycles. The quantitative estimate of drug-likeness (QED) is 0.898. The van der Waals surface area contributed by atoms with Gasteiger partial charge in [0.25, 0.3) is 0 Å². The van der Waals surface area contributed by atoms with Gasteiger partial charge >= 0.3 is 6.18 Å². The molecule has 2 rings (SSSR count). The molecule has 0 saturated heterocycles. The maximum atomic E-state index is 12.3. The van der Waals surface area contributed by atoms with Crippen molar-refractivity contribution in [2.24, 2.45) is 0 Å². The lowest BCUT2D eigenvalue weighted by molar-refractivity contribution is -0.136. The van der Waals surface area contributed by atoms with E-state index in [1.54, 1.807) is 13.2 Å². The van der Waals surface area contributed by atoms with Gasteiger partial charge in [0, 0.05) is 30.3 Å². The summed E-state index contributed by atoms with van der Waals surface area (Å²) in [5, 5.41) is 3.02. The highest BCUT2D eigenvalue weighted by molar-refractivity contribution is 5.29. The maximum Gasteiger partial charge on any atom is 0.389 e. The van der Waals surface area contributed by atoms with Crippen molar-refractivity contribution in [3.8, 4) is 0 Å². The molecule has 1 aliphatic carbocycles. The molecule has 0 aliphatic heterocycles. The zero-order valence-electron chi connectivity index (χ0n) is 10.3. The fraction of sp³-hybridized carbons (Fsp3) is 0.615. The molecule has 2 unspecified atom stereocenters. The van der Waals surface area contributed by atoms with Gasteiger partial charge in [0.05, 0.1) is 0 Å². The number of halogens is 3. The highest BCUT2D eigenvalue weighted by atomic mass is 19.4. The maximum absolute atomic E-state index is 12.3. The van der Waals surface area contributed by atoms with Crippen LogP contribution in [0.5, 0.6) is 0 Å². The van der Waals surface area contributed by atoms with Crippen molar-refractivity contribution in [1.29, 1.82) is 0 Å². The van der Waals surface area contributed by atoms with E-state index < -0.39 is 12.6 Å². The largest absolute Gasteiger partial charge is 0.389 e. The third kappa shape index (κ3) is 3.02. The van der Waals surface area contributed by atoms with Crippen LogP contribution in [0.3, 0.4) is 0 Å². The monoisotopic (exact) mass is 258 g/mol. The zero-order valence-corrected chi connectivity index (χ0v) is 10.3. The number of alkyl halides is 3. The SMILES string of the molecule is CNC(CCC(F)(F)F)C1CCc2cccnc21. The molecular formula is C13H17F3N2. The van der Waals surface area contributed by atoms with Crippen LogP contribution in [0, 0.1) is 0 Å². The number of rotatable bonds is 4. The normalized spacial score (nSPS) is 20.8. The van der Waals surface area contributed by atoms with Gasteiger partial charge in [-0.2, -0.15) is 13.2 Å². The predicted molar refractivity (Wildman–Crippen MR) is 63.4 cm³/mol. The highest BCUT2D eigenvalue weighted by Gasteiger charge is 2.34. The van der Waals surface area contributed by atoms with Gasteiger partial charge in [-0.25, -0.2) is 0 Å². The second-order valence-electron chi connectivity index (χ2n) is 4.74. The van der Waals surface area contributed by atoms with Crippen molar-refractivity contribution in [3.63, 3.8) is 0 Å². The van der Waals surface area contributed by atoms with Gasteiger partial charge in [0.15, 0.2) is 0 Å². The van der Waals surface area contributed by atoms with Gasteiger partial charge in [0.1, 0.15) is 0 Å². The molecule has 0 spiro atoms. The summed E-state index contributed by atoms with van der Waals surface area (Å²) in [6.45, 7) is 0. The summed E-state index contributed by atoms with van der Waals surface area (Å²) < 4.78 is 36.9. The number of aryl methyl sites for hydroxylation is 1. The van der Waals surface area contributed by atoms with Crippen LogP contribution in [0.4, 0.5) is 13.2 Å². The zero-order chi connectivity index (χ0) is 13.2. The predicted octanol–water partition coefficient (Wildman–Crippen LogP) is 3.04. The average Bonchev–Trinajstić information content (AvgIpc) is 2.73. The topological polar surface area (TPSA) is 24.9 Å². The van der Waals surface area contributed by atoms with E-state index in [1.165, 1.54) is 5.56 Å². The minimum atomic E-state index is -4.08. The molecular weight excluding hydrogens is 241 g/mol. The Balaban J connectivity index is 2.06. The van der Waals surface area contributed by atoms with Crippen molar-refractivity contribution >= 4 is 0 Å². The Kier molecular flexibility index (Phi) is 3.90. The molecule has 0 fully saturated rings. The minimum Gasteiger partial charge on any atom is -0.316 e. The fourth-order valence-electron chi connectivity index (χ4n) is 2.70. The molecule has 2 atom stereocenters. The minimum absolute atomic E-state index is 0.105. The number of hydrogen-bond acceptors (Lipinski definition) is 2. The lowest BCUT2D eigenvalue weighted by Crippen LogP contribution is -2.32. The number of likely N-dealkylation sites (N-methyl/N-ethyl adjacent to an activating group) is 1. The van der Waals surface area contributed by atoms with Crippen LogP contribution in [-0.2, 0) is 6.42 Å². The first-order valence-corrected chi connectivity index (χ1v) is 6.19. The molecule has 1 aliphatic rings. The number of nitrogens with zero attached hydrogens (tertiary/aromatic N) is 1. The Hall–Kier alpha value is -1.10. The van der Waals surface area contributed by atoms with Gasteiger partial charge in [-0.3, -0.25) is 4.98 Å². The first-order valence-electron chi connectivity index (χ1n) is 6.19. The van der Waals surface area contributed by atoms with Crippen molar-refractivity contribution in [1.82, 2.24) is 10.3 Å². The highest BCUT2D eigenvalue weighted by Crippen LogP contribution is 2.36. The first-order chi connectivity index (χ1) is 8.51. The van der Waals surface area contributed by atoms with E-state index in [4.69, 9.17) is 0 Å². The summed E-state index contributed by atoms with van der Waals surface area (Å²) >= 11 is 0. The molecule has 1 aromatic rings. The molecule has 0 amide bonds. The molecule has 18 heavy (non-hydrogen) atoms. The van der Waals surface area contributed by atoms with Crippen molar-refractivity contribution in [3.05, 3.63) is 29.6 Å². The summed E-state index contributed by atoms with van der Waals surface area (Å²) in [5.41, 5.74) is 2.15. The smallest absolute Gasteiger partial charge is 0.316 e. The van der Waals surface area contributed by atoms with E-state index in [0.717, 1.165) is 18.5 Å². The van der Waals surface area contributed by atoms with Gasteiger partial charge < -0.3 is 5.32 Å². The van der Waals surface area contributed by atoms with Crippen LogP contribution in [0.25, 0.3) is 0 Å². The van der Waals surface area contributed by atoms with Gasteiger partial charge in [-0.05, 0) is 37.9 Å². The van der Waals surface area contributed by atoms with E-state index in [0.29, 0.717) is 0 Å².